The quantitative estimate of drug-likeness (QED) is 0.842. The van der Waals surface area contributed by atoms with Gasteiger partial charge in [-0.1, -0.05) is 0 Å². The van der Waals surface area contributed by atoms with E-state index in [4.69, 9.17) is 0 Å². The van der Waals surface area contributed by atoms with E-state index in [2.05, 4.69) is 41.7 Å². The van der Waals surface area contributed by atoms with Crippen LogP contribution < -0.4 is 0 Å². The van der Waals surface area contributed by atoms with Gasteiger partial charge in [-0.15, -0.1) is 0 Å². The van der Waals surface area contributed by atoms with Gasteiger partial charge in [0.2, 0.25) is 0 Å². The molecule has 1 amide bonds. The van der Waals surface area contributed by atoms with Crippen molar-refractivity contribution in [2.45, 2.75) is 26.3 Å². The lowest BCUT2D eigenvalue weighted by Gasteiger charge is -2.22. The predicted molar refractivity (Wildman–Crippen MR) is 85.1 cm³/mol. The second kappa shape index (κ2) is 6.31. The largest absolute Gasteiger partial charge is 0.340 e. The van der Waals surface area contributed by atoms with Gasteiger partial charge in [0.25, 0.3) is 5.91 Å². The van der Waals surface area contributed by atoms with E-state index in [1.54, 1.807) is 0 Å². The molecule has 1 aromatic rings. The van der Waals surface area contributed by atoms with Crippen molar-refractivity contribution in [1.29, 1.82) is 0 Å². The molecule has 5 heteroatoms. The van der Waals surface area contributed by atoms with Gasteiger partial charge in [0.1, 0.15) is 5.69 Å². The molecule has 0 aliphatic carbocycles. The van der Waals surface area contributed by atoms with Gasteiger partial charge in [0, 0.05) is 36.8 Å². The van der Waals surface area contributed by atoms with E-state index in [0.717, 1.165) is 29.8 Å². The maximum Gasteiger partial charge on any atom is 0.270 e. The standard InChI is InChI=1S/C15H24BrN3O/c1-11(2)19-10-13(16)7-14(19)15(20)18(4)9-12-5-6-17(3)8-12/h7,10-12H,5-6,8-9H2,1-4H3. The van der Waals surface area contributed by atoms with Gasteiger partial charge >= 0.3 is 0 Å². The fourth-order valence-corrected chi connectivity index (χ4v) is 3.32. The summed E-state index contributed by atoms with van der Waals surface area (Å²) in [6.45, 7) is 7.25. The Morgan fingerprint density at radius 2 is 2.25 bits per heavy atom. The number of amides is 1. The van der Waals surface area contributed by atoms with Crippen LogP contribution >= 0.6 is 15.9 Å². The molecule has 2 heterocycles. The number of aromatic nitrogens is 1. The molecule has 0 aromatic carbocycles. The van der Waals surface area contributed by atoms with Crippen LogP contribution in [-0.2, 0) is 0 Å². The molecule has 0 spiro atoms. The molecule has 1 fully saturated rings. The minimum atomic E-state index is 0.110. The average molecular weight is 342 g/mol. The van der Waals surface area contributed by atoms with Crippen LogP contribution in [0.5, 0.6) is 0 Å². The molecule has 1 aliphatic rings. The first-order valence-corrected chi connectivity index (χ1v) is 7.99. The van der Waals surface area contributed by atoms with Crippen molar-refractivity contribution >= 4 is 21.8 Å². The van der Waals surface area contributed by atoms with E-state index in [-0.39, 0.29) is 11.9 Å². The Hall–Kier alpha value is -0.810. The summed E-state index contributed by atoms with van der Waals surface area (Å²) < 4.78 is 2.99. The molecule has 0 bridgehead atoms. The van der Waals surface area contributed by atoms with Crippen LogP contribution in [-0.4, -0.2) is 54.0 Å². The van der Waals surface area contributed by atoms with E-state index < -0.39 is 0 Å². The molecule has 4 nitrogen and oxygen atoms in total. The van der Waals surface area contributed by atoms with Gasteiger partial charge in [-0.2, -0.15) is 0 Å². The number of likely N-dealkylation sites (tertiary alicyclic amines) is 1. The highest BCUT2D eigenvalue weighted by Gasteiger charge is 2.24. The molecule has 1 unspecified atom stereocenters. The third-order valence-corrected chi connectivity index (χ3v) is 4.39. The van der Waals surface area contributed by atoms with Gasteiger partial charge in [-0.3, -0.25) is 4.79 Å². The van der Waals surface area contributed by atoms with Crippen LogP contribution in [0, 0.1) is 5.92 Å². The number of rotatable bonds is 4. The maximum atomic E-state index is 12.6. The Morgan fingerprint density at radius 3 is 2.80 bits per heavy atom. The minimum Gasteiger partial charge on any atom is -0.340 e. The minimum absolute atomic E-state index is 0.110. The molecule has 1 saturated heterocycles. The van der Waals surface area contributed by atoms with Gasteiger partial charge in [0.05, 0.1) is 0 Å². The maximum absolute atomic E-state index is 12.6. The second-order valence-corrected chi connectivity index (χ2v) is 7.06. The SMILES string of the molecule is CC(C)n1cc(Br)cc1C(=O)N(C)CC1CCN(C)C1. The molecule has 1 atom stereocenters. The number of halogens is 1. The third-order valence-electron chi connectivity index (χ3n) is 3.96. The molecule has 0 N–H and O–H groups in total. The second-order valence-electron chi connectivity index (χ2n) is 6.15. The summed E-state index contributed by atoms with van der Waals surface area (Å²) in [6.07, 6.45) is 3.16. The Bertz CT molecular complexity index is 483. The fourth-order valence-electron chi connectivity index (χ4n) is 2.89. The monoisotopic (exact) mass is 341 g/mol. The van der Waals surface area contributed by atoms with Crippen LogP contribution in [0.15, 0.2) is 16.7 Å². The third kappa shape index (κ3) is 3.44. The van der Waals surface area contributed by atoms with Gasteiger partial charge in [-0.25, -0.2) is 0 Å². The molecule has 1 aromatic heterocycles. The van der Waals surface area contributed by atoms with Crippen molar-refractivity contribution in [3.05, 3.63) is 22.4 Å². The van der Waals surface area contributed by atoms with Crippen molar-refractivity contribution in [1.82, 2.24) is 14.4 Å². The molecule has 112 valence electrons. The van der Waals surface area contributed by atoms with E-state index in [1.807, 2.05) is 28.8 Å². The fraction of sp³-hybridized carbons (Fsp3) is 0.667. The van der Waals surface area contributed by atoms with Crippen LogP contribution in [0.1, 0.15) is 36.8 Å². The number of hydrogen-bond acceptors (Lipinski definition) is 2. The Balaban J connectivity index is 2.06. The number of carbonyl (C=O) groups is 1. The van der Waals surface area contributed by atoms with Crippen LogP contribution in [0.4, 0.5) is 0 Å². The first-order valence-electron chi connectivity index (χ1n) is 7.20. The van der Waals surface area contributed by atoms with Crippen molar-refractivity contribution in [3.8, 4) is 0 Å². The van der Waals surface area contributed by atoms with Crippen LogP contribution in [0.25, 0.3) is 0 Å². The Morgan fingerprint density at radius 1 is 1.55 bits per heavy atom. The number of nitrogens with zero attached hydrogens (tertiary/aromatic N) is 3. The Labute approximate surface area is 129 Å². The molecular formula is C15H24BrN3O. The molecular weight excluding hydrogens is 318 g/mol. The smallest absolute Gasteiger partial charge is 0.270 e. The number of hydrogen-bond donors (Lipinski definition) is 0. The predicted octanol–water partition coefficient (Wildman–Crippen LogP) is 2.86. The van der Waals surface area contributed by atoms with Crippen LogP contribution in [0.2, 0.25) is 0 Å². The molecule has 0 radical (unpaired) electrons. The first-order chi connectivity index (χ1) is 9.38. The topological polar surface area (TPSA) is 28.5 Å². The highest BCUT2D eigenvalue weighted by Crippen LogP contribution is 2.22. The summed E-state index contributed by atoms with van der Waals surface area (Å²) >= 11 is 3.47. The van der Waals surface area contributed by atoms with E-state index in [0.29, 0.717) is 5.92 Å². The van der Waals surface area contributed by atoms with E-state index in [9.17, 15) is 4.79 Å². The lowest BCUT2D eigenvalue weighted by Crippen LogP contribution is -2.34. The van der Waals surface area contributed by atoms with Crippen molar-refractivity contribution in [3.63, 3.8) is 0 Å². The first kappa shape index (κ1) is 15.6. The summed E-state index contributed by atoms with van der Waals surface area (Å²) in [5, 5.41) is 0. The lowest BCUT2D eigenvalue weighted by atomic mass is 10.1. The van der Waals surface area contributed by atoms with Gasteiger partial charge in [0.15, 0.2) is 0 Å². The average Bonchev–Trinajstić information content (AvgIpc) is 2.94. The molecule has 2 rings (SSSR count). The molecule has 0 saturated carbocycles. The highest BCUT2D eigenvalue weighted by molar-refractivity contribution is 9.10. The van der Waals surface area contributed by atoms with E-state index >= 15 is 0 Å². The van der Waals surface area contributed by atoms with Crippen LogP contribution in [0.3, 0.4) is 0 Å². The summed E-state index contributed by atoms with van der Waals surface area (Å²) in [6, 6.07) is 2.20. The highest BCUT2D eigenvalue weighted by atomic mass is 79.9. The summed E-state index contributed by atoms with van der Waals surface area (Å²) in [5.41, 5.74) is 0.765. The van der Waals surface area contributed by atoms with E-state index in [1.165, 1.54) is 6.42 Å². The summed E-state index contributed by atoms with van der Waals surface area (Å²) in [5.74, 6) is 0.707. The lowest BCUT2D eigenvalue weighted by molar-refractivity contribution is 0.0761. The summed E-state index contributed by atoms with van der Waals surface area (Å²) in [4.78, 5) is 16.8. The van der Waals surface area contributed by atoms with Crippen molar-refractivity contribution in [2.24, 2.45) is 5.92 Å². The zero-order valence-corrected chi connectivity index (χ0v) is 14.4. The van der Waals surface area contributed by atoms with Gasteiger partial charge in [-0.05, 0) is 61.8 Å². The number of carbonyl (C=O) groups excluding carboxylic acids is 1. The summed E-state index contributed by atoms with van der Waals surface area (Å²) in [7, 11) is 4.05. The Kier molecular flexibility index (Phi) is 4.91. The van der Waals surface area contributed by atoms with Gasteiger partial charge < -0.3 is 14.4 Å². The molecule has 20 heavy (non-hydrogen) atoms. The zero-order chi connectivity index (χ0) is 14.9. The van der Waals surface area contributed by atoms with Crippen molar-refractivity contribution < 1.29 is 4.79 Å². The van der Waals surface area contributed by atoms with Crippen molar-refractivity contribution in [2.75, 3.05) is 33.7 Å². The zero-order valence-electron chi connectivity index (χ0n) is 12.8. The molecule has 1 aliphatic heterocycles. The normalized spacial score (nSPS) is 19.8.